The molecule has 1 atom stereocenters. The molecular formula is C20H18ClF3N2O2. The summed E-state index contributed by atoms with van der Waals surface area (Å²) in [5.74, 6) is -2.48. The molecule has 0 spiro atoms. The number of carbonyl (C=O) groups is 1. The number of rotatable bonds is 5. The van der Waals surface area contributed by atoms with Crippen molar-refractivity contribution in [1.82, 2.24) is 0 Å². The van der Waals surface area contributed by atoms with Crippen LogP contribution in [0.1, 0.15) is 41.3 Å². The molecule has 4 nitrogen and oxygen atoms in total. The maximum absolute atomic E-state index is 13.0. The van der Waals surface area contributed by atoms with Gasteiger partial charge in [0.25, 0.3) is 5.91 Å². The van der Waals surface area contributed by atoms with E-state index in [1.807, 2.05) is 6.07 Å². The molecular weight excluding hydrogens is 393 g/mol. The van der Waals surface area contributed by atoms with Gasteiger partial charge in [-0.15, -0.1) is 0 Å². The van der Waals surface area contributed by atoms with Gasteiger partial charge in [-0.05, 0) is 49.7 Å². The molecule has 1 unspecified atom stereocenters. The Morgan fingerprint density at radius 3 is 2.29 bits per heavy atom. The van der Waals surface area contributed by atoms with Crippen LogP contribution >= 0.6 is 11.6 Å². The number of halogens is 4. The van der Waals surface area contributed by atoms with Crippen molar-refractivity contribution in [2.45, 2.75) is 32.0 Å². The number of hydrogen-bond donors (Lipinski definition) is 1. The van der Waals surface area contributed by atoms with E-state index in [4.69, 9.17) is 22.0 Å². The molecule has 148 valence electrons. The fourth-order valence-electron chi connectivity index (χ4n) is 2.78. The normalized spacial score (nSPS) is 12.5. The summed E-state index contributed by atoms with van der Waals surface area (Å²) in [5.41, 5.74) is 0.694. The topological polar surface area (TPSA) is 64.3 Å². The summed E-state index contributed by atoms with van der Waals surface area (Å²) >= 11 is 6.20. The lowest BCUT2D eigenvalue weighted by molar-refractivity contribution is -0.158. The predicted octanol–water partition coefficient (Wildman–Crippen LogP) is 4.91. The van der Waals surface area contributed by atoms with Gasteiger partial charge in [0, 0.05) is 11.6 Å². The Morgan fingerprint density at radius 1 is 1.21 bits per heavy atom. The van der Waals surface area contributed by atoms with Gasteiger partial charge in [-0.3, -0.25) is 4.79 Å². The highest BCUT2D eigenvalue weighted by molar-refractivity contribution is 6.34. The number of benzene rings is 2. The number of amides is 1. The Morgan fingerprint density at radius 2 is 1.82 bits per heavy atom. The molecule has 0 aliphatic carbocycles. The van der Waals surface area contributed by atoms with E-state index >= 15 is 0 Å². The van der Waals surface area contributed by atoms with Crippen LogP contribution in [0.25, 0.3) is 0 Å². The van der Waals surface area contributed by atoms with Crippen molar-refractivity contribution in [3.63, 3.8) is 0 Å². The van der Waals surface area contributed by atoms with Crippen LogP contribution in [-0.4, -0.2) is 29.8 Å². The molecule has 2 rings (SSSR count). The van der Waals surface area contributed by atoms with Crippen LogP contribution in [0, 0.1) is 11.3 Å². The van der Waals surface area contributed by atoms with Crippen LogP contribution in [0.3, 0.4) is 0 Å². The van der Waals surface area contributed by atoms with Gasteiger partial charge in [-0.25, -0.2) is 0 Å². The standard InChI is InChI=1S/C20H18ClF3N2O2/c1-12(2)26(18-9-13(10-25)3-8-17(18)21)19(28)15-6-4-14(5-7-15)16(11-27)20(22,23)24/h3-9,12,16,27H,11H2,1-2H3. The fraction of sp³-hybridized carbons (Fsp3) is 0.300. The van der Waals surface area contributed by atoms with Gasteiger partial charge in [-0.2, -0.15) is 18.4 Å². The van der Waals surface area contributed by atoms with Crippen LogP contribution in [0.2, 0.25) is 5.02 Å². The summed E-state index contributed by atoms with van der Waals surface area (Å²) < 4.78 is 38.9. The Hall–Kier alpha value is -2.56. The number of alkyl halides is 3. The molecule has 0 saturated heterocycles. The summed E-state index contributed by atoms with van der Waals surface area (Å²) in [7, 11) is 0. The van der Waals surface area contributed by atoms with E-state index < -0.39 is 24.6 Å². The van der Waals surface area contributed by atoms with E-state index in [0.717, 1.165) is 0 Å². The molecule has 0 aliphatic rings. The van der Waals surface area contributed by atoms with Gasteiger partial charge in [0.15, 0.2) is 0 Å². The molecule has 0 fully saturated rings. The van der Waals surface area contributed by atoms with Crippen molar-refractivity contribution in [2.75, 3.05) is 11.5 Å². The molecule has 1 amide bonds. The fourth-order valence-corrected chi connectivity index (χ4v) is 2.99. The third-order valence-electron chi connectivity index (χ3n) is 4.21. The Balaban J connectivity index is 2.41. The molecule has 1 N–H and O–H groups in total. The van der Waals surface area contributed by atoms with Gasteiger partial charge in [0.2, 0.25) is 0 Å². The van der Waals surface area contributed by atoms with Crippen LogP contribution in [0.5, 0.6) is 0 Å². The second kappa shape index (κ2) is 8.63. The zero-order valence-electron chi connectivity index (χ0n) is 15.2. The third-order valence-corrected chi connectivity index (χ3v) is 4.53. The highest BCUT2D eigenvalue weighted by Gasteiger charge is 2.40. The second-order valence-corrected chi connectivity index (χ2v) is 6.85. The summed E-state index contributed by atoms with van der Waals surface area (Å²) in [6.07, 6.45) is -4.59. The monoisotopic (exact) mass is 410 g/mol. The lowest BCUT2D eigenvalue weighted by Crippen LogP contribution is -2.37. The van der Waals surface area contributed by atoms with E-state index in [2.05, 4.69) is 0 Å². The first-order valence-electron chi connectivity index (χ1n) is 8.41. The van der Waals surface area contributed by atoms with Crippen LogP contribution < -0.4 is 4.90 Å². The van der Waals surface area contributed by atoms with Crippen LogP contribution in [-0.2, 0) is 0 Å². The molecule has 0 bridgehead atoms. The molecule has 0 aromatic heterocycles. The van der Waals surface area contributed by atoms with Crippen molar-refractivity contribution in [2.24, 2.45) is 0 Å². The quantitative estimate of drug-likeness (QED) is 0.762. The molecule has 2 aromatic carbocycles. The van der Waals surface area contributed by atoms with Gasteiger partial charge >= 0.3 is 6.18 Å². The molecule has 28 heavy (non-hydrogen) atoms. The Bertz CT molecular complexity index is 890. The minimum atomic E-state index is -4.59. The maximum atomic E-state index is 13.0. The number of hydrogen-bond acceptors (Lipinski definition) is 3. The summed E-state index contributed by atoms with van der Waals surface area (Å²) in [6, 6.07) is 11.1. The number of nitrogens with zero attached hydrogens (tertiary/aromatic N) is 2. The first-order chi connectivity index (χ1) is 13.1. The zero-order chi connectivity index (χ0) is 21.1. The van der Waals surface area contributed by atoms with E-state index in [0.29, 0.717) is 11.3 Å². The average molecular weight is 411 g/mol. The van der Waals surface area contributed by atoms with Gasteiger partial charge in [0.1, 0.15) is 5.92 Å². The van der Waals surface area contributed by atoms with Crippen molar-refractivity contribution in [1.29, 1.82) is 5.26 Å². The minimum absolute atomic E-state index is 0.132. The third kappa shape index (κ3) is 4.64. The van der Waals surface area contributed by atoms with Crippen molar-refractivity contribution in [3.8, 4) is 6.07 Å². The average Bonchev–Trinajstić information content (AvgIpc) is 2.63. The van der Waals surface area contributed by atoms with E-state index in [1.165, 1.54) is 47.4 Å². The Kier molecular flexibility index (Phi) is 6.70. The number of nitriles is 1. The number of anilines is 1. The first kappa shape index (κ1) is 21.7. The number of aliphatic hydroxyl groups excluding tert-OH is 1. The lowest BCUT2D eigenvalue weighted by Gasteiger charge is -2.28. The zero-order valence-corrected chi connectivity index (χ0v) is 15.9. The molecule has 0 heterocycles. The minimum Gasteiger partial charge on any atom is -0.395 e. The second-order valence-electron chi connectivity index (χ2n) is 6.45. The molecule has 2 aromatic rings. The van der Waals surface area contributed by atoms with E-state index in [-0.39, 0.29) is 22.2 Å². The Labute approximate surface area is 165 Å². The van der Waals surface area contributed by atoms with E-state index in [1.54, 1.807) is 13.8 Å². The van der Waals surface area contributed by atoms with Crippen molar-refractivity contribution in [3.05, 3.63) is 64.2 Å². The van der Waals surface area contributed by atoms with Crippen LogP contribution in [0.4, 0.5) is 18.9 Å². The number of aliphatic hydroxyl groups is 1. The summed E-state index contributed by atoms with van der Waals surface area (Å²) in [5, 5.41) is 18.4. The number of carbonyl (C=O) groups excluding carboxylic acids is 1. The summed E-state index contributed by atoms with van der Waals surface area (Å²) in [6.45, 7) is 2.44. The molecule has 0 radical (unpaired) electrons. The predicted molar refractivity (Wildman–Crippen MR) is 100 cm³/mol. The lowest BCUT2D eigenvalue weighted by atomic mass is 9.98. The molecule has 0 aliphatic heterocycles. The molecule has 0 saturated carbocycles. The largest absolute Gasteiger partial charge is 0.397 e. The molecule has 8 heteroatoms. The van der Waals surface area contributed by atoms with Gasteiger partial charge < -0.3 is 10.0 Å². The SMILES string of the molecule is CC(C)N(C(=O)c1ccc(C(CO)C(F)(F)F)cc1)c1cc(C#N)ccc1Cl. The van der Waals surface area contributed by atoms with Crippen molar-refractivity contribution >= 4 is 23.2 Å². The van der Waals surface area contributed by atoms with Gasteiger partial charge in [0.05, 0.1) is 28.9 Å². The maximum Gasteiger partial charge on any atom is 0.397 e. The first-order valence-corrected chi connectivity index (χ1v) is 8.78. The van der Waals surface area contributed by atoms with Crippen LogP contribution in [0.15, 0.2) is 42.5 Å². The highest BCUT2D eigenvalue weighted by atomic mass is 35.5. The summed E-state index contributed by atoms with van der Waals surface area (Å²) in [4.78, 5) is 14.4. The van der Waals surface area contributed by atoms with E-state index in [9.17, 15) is 18.0 Å². The highest BCUT2D eigenvalue weighted by Crippen LogP contribution is 2.35. The van der Waals surface area contributed by atoms with Crippen molar-refractivity contribution < 1.29 is 23.1 Å². The van der Waals surface area contributed by atoms with Gasteiger partial charge in [-0.1, -0.05) is 23.7 Å². The smallest absolute Gasteiger partial charge is 0.395 e.